The van der Waals surface area contributed by atoms with Crippen molar-refractivity contribution >= 4 is 12.6 Å². The van der Waals surface area contributed by atoms with Crippen LogP contribution in [0.2, 0.25) is 0 Å². The van der Waals surface area contributed by atoms with E-state index in [9.17, 15) is 14.4 Å². The smallest absolute Gasteiger partial charge is 0.423 e. The van der Waals surface area contributed by atoms with Crippen LogP contribution in [0.5, 0.6) is 0 Å². The standard InChI is InChI=1S/C15H24BFO3/c1-2-3-4-5-6-7-10-20-12-13-8-9-14(17)11-15(13)16(18)19/h8-9,11,18-19H,2-7,10,12H2,1H3. The molecule has 0 aliphatic carbocycles. The molecular weight excluding hydrogens is 258 g/mol. The van der Waals surface area contributed by atoms with Crippen LogP contribution in [0.25, 0.3) is 0 Å². The first-order chi connectivity index (χ1) is 9.65. The molecule has 0 unspecified atom stereocenters. The fourth-order valence-electron chi connectivity index (χ4n) is 2.10. The van der Waals surface area contributed by atoms with Crippen LogP contribution >= 0.6 is 0 Å². The molecule has 0 atom stereocenters. The molecule has 5 heteroatoms. The third-order valence-corrected chi connectivity index (χ3v) is 3.29. The van der Waals surface area contributed by atoms with Crippen LogP contribution in [0.3, 0.4) is 0 Å². The molecule has 1 rings (SSSR count). The van der Waals surface area contributed by atoms with Gasteiger partial charge in [0, 0.05) is 6.61 Å². The molecule has 0 aliphatic rings. The lowest BCUT2D eigenvalue weighted by molar-refractivity contribution is 0.117. The highest BCUT2D eigenvalue weighted by Gasteiger charge is 2.16. The summed E-state index contributed by atoms with van der Waals surface area (Å²) in [5.74, 6) is -0.479. The lowest BCUT2D eigenvalue weighted by Gasteiger charge is -2.10. The van der Waals surface area contributed by atoms with Crippen LogP contribution in [0.15, 0.2) is 18.2 Å². The van der Waals surface area contributed by atoms with E-state index in [1.807, 2.05) is 0 Å². The molecule has 1 aromatic rings. The average Bonchev–Trinajstić information content (AvgIpc) is 2.43. The van der Waals surface area contributed by atoms with Gasteiger partial charge in [0.1, 0.15) is 5.82 Å². The van der Waals surface area contributed by atoms with E-state index in [1.54, 1.807) is 0 Å². The summed E-state index contributed by atoms with van der Waals surface area (Å²) in [7, 11) is -1.67. The summed E-state index contributed by atoms with van der Waals surface area (Å²) in [5.41, 5.74) is 0.792. The van der Waals surface area contributed by atoms with E-state index in [0.29, 0.717) is 12.2 Å². The molecule has 0 bridgehead atoms. The van der Waals surface area contributed by atoms with Gasteiger partial charge < -0.3 is 14.8 Å². The number of hydrogen-bond acceptors (Lipinski definition) is 3. The third kappa shape index (κ3) is 6.50. The van der Waals surface area contributed by atoms with E-state index < -0.39 is 12.9 Å². The molecule has 0 saturated carbocycles. The predicted octanol–water partition coefficient (Wildman–Crippen LogP) is 2.38. The van der Waals surface area contributed by atoms with Gasteiger partial charge in [-0.2, -0.15) is 0 Å². The Bertz CT molecular complexity index is 385. The average molecular weight is 282 g/mol. The van der Waals surface area contributed by atoms with Gasteiger partial charge in [0.2, 0.25) is 0 Å². The predicted molar refractivity (Wildman–Crippen MR) is 79.3 cm³/mol. The maximum Gasteiger partial charge on any atom is 0.488 e. The Morgan fingerprint density at radius 3 is 2.50 bits per heavy atom. The van der Waals surface area contributed by atoms with Crippen LogP contribution in [-0.4, -0.2) is 23.8 Å². The molecule has 0 amide bonds. The summed E-state index contributed by atoms with van der Waals surface area (Å²) >= 11 is 0. The van der Waals surface area contributed by atoms with Crippen molar-refractivity contribution in [2.24, 2.45) is 0 Å². The fourth-order valence-corrected chi connectivity index (χ4v) is 2.10. The summed E-state index contributed by atoms with van der Waals surface area (Å²) in [6.45, 7) is 3.12. The number of halogens is 1. The molecule has 0 spiro atoms. The number of hydrogen-bond donors (Lipinski definition) is 2. The van der Waals surface area contributed by atoms with Crippen molar-refractivity contribution < 1.29 is 19.2 Å². The van der Waals surface area contributed by atoms with Gasteiger partial charge in [-0.1, -0.05) is 45.1 Å². The van der Waals surface area contributed by atoms with E-state index in [4.69, 9.17) is 4.74 Å². The molecule has 0 radical (unpaired) electrons. The molecule has 2 N–H and O–H groups in total. The summed E-state index contributed by atoms with van der Waals surface area (Å²) in [6, 6.07) is 3.97. The Balaban J connectivity index is 2.25. The Hall–Kier alpha value is -0.905. The number of rotatable bonds is 10. The Labute approximate surface area is 120 Å². The highest BCUT2D eigenvalue weighted by atomic mass is 19.1. The second-order valence-electron chi connectivity index (χ2n) is 5.04. The normalized spacial score (nSPS) is 10.8. The minimum absolute atomic E-state index is 0.174. The summed E-state index contributed by atoms with van der Waals surface area (Å²) < 4.78 is 18.5. The van der Waals surface area contributed by atoms with Crippen LogP contribution in [0.1, 0.15) is 51.0 Å². The zero-order chi connectivity index (χ0) is 14.8. The molecular formula is C15H24BFO3. The zero-order valence-electron chi connectivity index (χ0n) is 12.1. The first-order valence-corrected chi connectivity index (χ1v) is 7.37. The first-order valence-electron chi connectivity index (χ1n) is 7.37. The molecule has 112 valence electrons. The van der Waals surface area contributed by atoms with Crippen LogP contribution in [0, 0.1) is 5.82 Å². The van der Waals surface area contributed by atoms with Gasteiger partial charge in [-0.15, -0.1) is 0 Å². The van der Waals surface area contributed by atoms with Gasteiger partial charge in [0.05, 0.1) is 6.61 Å². The maximum absolute atomic E-state index is 13.0. The van der Waals surface area contributed by atoms with Crippen molar-refractivity contribution in [3.63, 3.8) is 0 Å². The third-order valence-electron chi connectivity index (χ3n) is 3.29. The molecule has 0 saturated heterocycles. The van der Waals surface area contributed by atoms with E-state index >= 15 is 0 Å². The van der Waals surface area contributed by atoms with Crippen molar-refractivity contribution in [1.82, 2.24) is 0 Å². The van der Waals surface area contributed by atoms with Crippen LogP contribution in [-0.2, 0) is 11.3 Å². The van der Waals surface area contributed by atoms with Crippen molar-refractivity contribution in [3.8, 4) is 0 Å². The topological polar surface area (TPSA) is 49.7 Å². The number of benzene rings is 1. The molecule has 20 heavy (non-hydrogen) atoms. The first kappa shape index (κ1) is 17.1. The number of ether oxygens (including phenoxy) is 1. The highest BCUT2D eigenvalue weighted by molar-refractivity contribution is 6.59. The van der Waals surface area contributed by atoms with E-state index in [1.165, 1.54) is 37.8 Å². The van der Waals surface area contributed by atoms with E-state index in [-0.39, 0.29) is 12.1 Å². The Morgan fingerprint density at radius 2 is 1.80 bits per heavy atom. The minimum atomic E-state index is -1.67. The molecule has 0 aromatic heterocycles. The second kappa shape index (κ2) is 9.91. The van der Waals surface area contributed by atoms with Gasteiger partial charge in [0.25, 0.3) is 0 Å². The van der Waals surface area contributed by atoms with Crippen molar-refractivity contribution in [2.45, 2.75) is 52.1 Å². The summed E-state index contributed by atoms with van der Waals surface area (Å²) in [6.07, 6.45) is 7.19. The van der Waals surface area contributed by atoms with Gasteiger partial charge in [-0.3, -0.25) is 0 Å². The summed E-state index contributed by atoms with van der Waals surface area (Å²) in [5, 5.41) is 18.4. The zero-order valence-corrected chi connectivity index (χ0v) is 12.1. The molecule has 0 heterocycles. The van der Waals surface area contributed by atoms with Crippen LogP contribution < -0.4 is 5.46 Å². The maximum atomic E-state index is 13.0. The SMILES string of the molecule is CCCCCCCCOCc1ccc(F)cc1B(O)O. The molecule has 1 aromatic carbocycles. The quantitative estimate of drug-likeness (QED) is 0.511. The fraction of sp³-hybridized carbons (Fsp3) is 0.600. The summed E-state index contributed by atoms with van der Waals surface area (Å²) in [4.78, 5) is 0. The largest absolute Gasteiger partial charge is 0.488 e. The van der Waals surface area contributed by atoms with E-state index in [0.717, 1.165) is 18.9 Å². The van der Waals surface area contributed by atoms with E-state index in [2.05, 4.69) is 6.92 Å². The lowest BCUT2D eigenvalue weighted by Crippen LogP contribution is -2.33. The highest BCUT2D eigenvalue weighted by Crippen LogP contribution is 2.07. The van der Waals surface area contributed by atoms with Gasteiger partial charge in [-0.25, -0.2) is 4.39 Å². The van der Waals surface area contributed by atoms with Gasteiger partial charge in [0.15, 0.2) is 0 Å². The van der Waals surface area contributed by atoms with Crippen molar-refractivity contribution in [2.75, 3.05) is 6.61 Å². The van der Waals surface area contributed by atoms with Crippen molar-refractivity contribution in [3.05, 3.63) is 29.6 Å². The van der Waals surface area contributed by atoms with Gasteiger partial charge >= 0.3 is 7.12 Å². The Morgan fingerprint density at radius 1 is 1.10 bits per heavy atom. The van der Waals surface area contributed by atoms with Crippen LogP contribution in [0.4, 0.5) is 4.39 Å². The van der Waals surface area contributed by atoms with Gasteiger partial charge in [-0.05, 0) is 29.6 Å². The second-order valence-corrected chi connectivity index (χ2v) is 5.04. The lowest BCUT2D eigenvalue weighted by atomic mass is 9.77. The molecule has 0 fully saturated rings. The minimum Gasteiger partial charge on any atom is -0.423 e. The monoisotopic (exact) mass is 282 g/mol. The number of unbranched alkanes of at least 4 members (excludes halogenated alkanes) is 5. The van der Waals surface area contributed by atoms with Crippen molar-refractivity contribution in [1.29, 1.82) is 0 Å². The Kier molecular flexibility index (Phi) is 8.50. The molecule has 0 aliphatic heterocycles. The molecule has 3 nitrogen and oxygen atoms in total.